The van der Waals surface area contributed by atoms with Crippen molar-refractivity contribution in [3.8, 4) is 11.3 Å². The van der Waals surface area contributed by atoms with Gasteiger partial charge in [-0.3, -0.25) is 9.36 Å². The maximum absolute atomic E-state index is 12.8. The Kier molecular flexibility index (Phi) is 5.55. The topological polar surface area (TPSA) is 69.9 Å². The molecule has 8 heteroatoms. The van der Waals surface area contributed by atoms with Crippen LogP contribution in [-0.4, -0.2) is 33.2 Å². The summed E-state index contributed by atoms with van der Waals surface area (Å²) in [5, 5.41) is 0.989. The molecule has 0 fully saturated rings. The van der Waals surface area contributed by atoms with E-state index < -0.39 is 0 Å². The van der Waals surface area contributed by atoms with E-state index in [9.17, 15) is 4.79 Å². The minimum Gasteiger partial charge on any atom is -0.383 e. The highest BCUT2D eigenvalue weighted by molar-refractivity contribution is 6.36. The number of benzene rings is 1. The molecular weight excluding hydrogens is 375 g/mol. The third-order valence-electron chi connectivity index (χ3n) is 4.22. The monoisotopic (exact) mass is 392 g/mol. The molecule has 3 aromatic rings. The molecule has 1 aromatic carbocycles. The van der Waals surface area contributed by atoms with Crippen molar-refractivity contribution in [3.05, 3.63) is 50.6 Å². The van der Waals surface area contributed by atoms with Gasteiger partial charge in [-0.15, -0.1) is 0 Å². The summed E-state index contributed by atoms with van der Waals surface area (Å²) in [7, 11) is 1.61. The zero-order valence-electron chi connectivity index (χ0n) is 14.7. The molecule has 3 rings (SSSR count). The number of nitrogens with zero attached hydrogens (tertiary/aromatic N) is 4. The SMILES string of the molecule is CC[C@@H](COC)n1c(=O)c(C)nc2c(-c3ccc(Cl)cc3Cl)ncnc21. The van der Waals surface area contributed by atoms with Crippen LogP contribution >= 0.6 is 23.2 Å². The average molecular weight is 393 g/mol. The molecule has 0 unspecified atom stereocenters. The molecule has 0 saturated heterocycles. The van der Waals surface area contributed by atoms with Crippen molar-refractivity contribution in [1.29, 1.82) is 0 Å². The quantitative estimate of drug-likeness (QED) is 0.654. The Bertz CT molecular complexity index is 1020. The number of ether oxygens (including phenoxy) is 1. The number of aromatic nitrogens is 4. The van der Waals surface area contributed by atoms with Crippen molar-refractivity contribution < 1.29 is 4.74 Å². The Morgan fingerprint density at radius 1 is 1.27 bits per heavy atom. The first-order chi connectivity index (χ1) is 12.5. The van der Waals surface area contributed by atoms with Gasteiger partial charge in [-0.2, -0.15) is 0 Å². The van der Waals surface area contributed by atoms with Gasteiger partial charge in [0, 0.05) is 17.7 Å². The smallest absolute Gasteiger partial charge is 0.273 e. The average Bonchev–Trinajstić information content (AvgIpc) is 2.61. The zero-order chi connectivity index (χ0) is 18.8. The van der Waals surface area contributed by atoms with Gasteiger partial charge in [-0.1, -0.05) is 30.1 Å². The lowest BCUT2D eigenvalue weighted by molar-refractivity contribution is 0.153. The van der Waals surface area contributed by atoms with Crippen LogP contribution in [0.4, 0.5) is 0 Å². The number of hydrogen-bond donors (Lipinski definition) is 0. The molecule has 136 valence electrons. The van der Waals surface area contributed by atoms with Crippen molar-refractivity contribution in [2.24, 2.45) is 0 Å². The van der Waals surface area contributed by atoms with Gasteiger partial charge in [-0.05, 0) is 31.5 Å². The number of halogens is 2. The maximum atomic E-state index is 12.8. The van der Waals surface area contributed by atoms with Crippen LogP contribution in [-0.2, 0) is 4.74 Å². The fourth-order valence-electron chi connectivity index (χ4n) is 2.92. The Morgan fingerprint density at radius 3 is 2.69 bits per heavy atom. The van der Waals surface area contributed by atoms with Crippen LogP contribution in [0.2, 0.25) is 10.0 Å². The molecule has 0 aliphatic heterocycles. The minimum absolute atomic E-state index is 0.153. The Hall–Kier alpha value is -2.02. The third kappa shape index (κ3) is 3.32. The summed E-state index contributed by atoms with van der Waals surface area (Å²) >= 11 is 12.4. The van der Waals surface area contributed by atoms with E-state index in [0.29, 0.717) is 51.2 Å². The summed E-state index contributed by atoms with van der Waals surface area (Å²) in [6.45, 7) is 4.07. The Labute approximate surface area is 160 Å². The molecular formula is C18H18Cl2N4O2. The van der Waals surface area contributed by atoms with E-state index in [1.807, 2.05) is 6.92 Å². The predicted octanol–water partition coefficient (Wildman–Crippen LogP) is 4.07. The first-order valence-corrected chi connectivity index (χ1v) is 8.91. The minimum atomic E-state index is -0.187. The number of fused-ring (bicyclic) bond motifs is 1. The number of methoxy groups -OCH3 is 1. The van der Waals surface area contributed by atoms with E-state index in [2.05, 4.69) is 15.0 Å². The first-order valence-electron chi connectivity index (χ1n) is 8.16. The van der Waals surface area contributed by atoms with Crippen molar-refractivity contribution in [2.45, 2.75) is 26.3 Å². The third-order valence-corrected chi connectivity index (χ3v) is 4.77. The molecule has 0 N–H and O–H groups in total. The summed E-state index contributed by atoms with van der Waals surface area (Å²) in [6, 6.07) is 5.01. The summed E-state index contributed by atoms with van der Waals surface area (Å²) in [5.41, 5.74) is 2.39. The molecule has 1 atom stereocenters. The van der Waals surface area contributed by atoms with E-state index in [0.717, 1.165) is 0 Å². The van der Waals surface area contributed by atoms with Crippen molar-refractivity contribution in [2.75, 3.05) is 13.7 Å². The molecule has 0 bridgehead atoms. The molecule has 0 spiro atoms. The maximum Gasteiger partial charge on any atom is 0.273 e. The van der Waals surface area contributed by atoms with Gasteiger partial charge >= 0.3 is 0 Å². The van der Waals surface area contributed by atoms with Gasteiger partial charge in [0.1, 0.15) is 23.2 Å². The molecule has 0 radical (unpaired) electrons. The van der Waals surface area contributed by atoms with Crippen molar-refractivity contribution in [3.63, 3.8) is 0 Å². The molecule has 26 heavy (non-hydrogen) atoms. The van der Waals surface area contributed by atoms with Crippen molar-refractivity contribution in [1.82, 2.24) is 19.5 Å². The van der Waals surface area contributed by atoms with Gasteiger partial charge in [0.15, 0.2) is 5.65 Å². The van der Waals surface area contributed by atoms with Crippen LogP contribution in [0, 0.1) is 6.92 Å². The first kappa shape index (κ1) is 18.8. The lowest BCUT2D eigenvalue weighted by Crippen LogP contribution is -2.30. The standard InChI is InChI=1S/C18H18Cl2N4O2/c1-4-12(8-26-3)24-17-16(23-10(2)18(24)25)15(21-9-22-17)13-6-5-11(19)7-14(13)20/h5-7,9,12H,4,8H2,1-3H3/t12-/m0/s1. The highest BCUT2D eigenvalue weighted by Crippen LogP contribution is 2.32. The van der Waals surface area contributed by atoms with Crippen LogP contribution in [0.1, 0.15) is 25.1 Å². The fourth-order valence-corrected chi connectivity index (χ4v) is 3.42. The lowest BCUT2D eigenvalue weighted by atomic mass is 10.1. The van der Waals surface area contributed by atoms with Gasteiger partial charge in [0.2, 0.25) is 0 Å². The Morgan fingerprint density at radius 2 is 2.04 bits per heavy atom. The van der Waals surface area contributed by atoms with E-state index in [1.165, 1.54) is 6.33 Å². The van der Waals surface area contributed by atoms with Crippen molar-refractivity contribution >= 4 is 34.4 Å². The van der Waals surface area contributed by atoms with Gasteiger partial charge in [0.25, 0.3) is 5.56 Å². The summed E-state index contributed by atoms with van der Waals surface area (Å²) in [6.07, 6.45) is 2.13. The molecule has 2 heterocycles. The highest BCUT2D eigenvalue weighted by atomic mass is 35.5. The second-order valence-corrected chi connectivity index (χ2v) is 6.75. The second-order valence-electron chi connectivity index (χ2n) is 5.91. The van der Waals surface area contributed by atoms with E-state index in [4.69, 9.17) is 27.9 Å². The Balaban J connectivity index is 2.35. The summed E-state index contributed by atoms with van der Waals surface area (Å²) in [4.78, 5) is 25.9. The summed E-state index contributed by atoms with van der Waals surface area (Å²) in [5.74, 6) is 0. The van der Waals surface area contributed by atoms with Crippen LogP contribution in [0.15, 0.2) is 29.3 Å². The van der Waals surface area contributed by atoms with Gasteiger partial charge in [0.05, 0.1) is 17.7 Å². The van der Waals surface area contributed by atoms with E-state index >= 15 is 0 Å². The molecule has 6 nitrogen and oxygen atoms in total. The number of rotatable bonds is 5. The number of aryl methyl sites for hydroxylation is 1. The van der Waals surface area contributed by atoms with E-state index in [1.54, 1.807) is 36.8 Å². The fraction of sp³-hybridized carbons (Fsp3) is 0.333. The van der Waals surface area contributed by atoms with Crippen LogP contribution in [0.5, 0.6) is 0 Å². The van der Waals surface area contributed by atoms with Crippen LogP contribution in [0.3, 0.4) is 0 Å². The summed E-state index contributed by atoms with van der Waals surface area (Å²) < 4.78 is 6.92. The molecule has 0 aliphatic carbocycles. The molecule has 0 amide bonds. The number of hydrogen-bond acceptors (Lipinski definition) is 5. The largest absolute Gasteiger partial charge is 0.383 e. The normalized spacial score (nSPS) is 12.5. The van der Waals surface area contributed by atoms with Gasteiger partial charge < -0.3 is 4.74 Å². The molecule has 2 aromatic heterocycles. The lowest BCUT2D eigenvalue weighted by Gasteiger charge is -2.20. The zero-order valence-corrected chi connectivity index (χ0v) is 16.2. The molecule has 0 saturated carbocycles. The predicted molar refractivity (Wildman–Crippen MR) is 103 cm³/mol. The van der Waals surface area contributed by atoms with Gasteiger partial charge in [-0.25, -0.2) is 15.0 Å². The van der Waals surface area contributed by atoms with Crippen LogP contribution < -0.4 is 5.56 Å². The van der Waals surface area contributed by atoms with Crippen LogP contribution in [0.25, 0.3) is 22.4 Å². The second kappa shape index (κ2) is 7.70. The van der Waals surface area contributed by atoms with E-state index in [-0.39, 0.29) is 11.6 Å². The highest BCUT2D eigenvalue weighted by Gasteiger charge is 2.20. The molecule has 0 aliphatic rings.